The van der Waals surface area contributed by atoms with Gasteiger partial charge in [0.2, 0.25) is 0 Å². The van der Waals surface area contributed by atoms with E-state index in [9.17, 15) is 9.59 Å². The highest BCUT2D eigenvalue weighted by Crippen LogP contribution is 2.16. The maximum Gasteiger partial charge on any atom is 0.358 e. The molecule has 1 aromatic heterocycles. The Kier molecular flexibility index (Phi) is 4.08. The zero-order valence-electron chi connectivity index (χ0n) is 10.3. The molecule has 0 aliphatic rings. The van der Waals surface area contributed by atoms with Crippen LogP contribution in [0.5, 0.6) is 0 Å². The van der Waals surface area contributed by atoms with Crippen LogP contribution in [0.1, 0.15) is 23.2 Å². The molecule has 1 heterocycles. The molecule has 0 aliphatic heterocycles. The fraction of sp³-hybridized carbons (Fsp3) is 0.500. The maximum absolute atomic E-state index is 11.7. The lowest BCUT2D eigenvalue weighted by atomic mass is 10.4. The molecule has 0 spiro atoms. The Balaban J connectivity index is 3.08. The second-order valence-corrected chi connectivity index (χ2v) is 3.34. The Hall–Kier alpha value is -2.05. The lowest BCUT2D eigenvalue weighted by Gasteiger charge is -2.06. The first-order valence-electron chi connectivity index (χ1n) is 5.20. The van der Waals surface area contributed by atoms with Gasteiger partial charge in [-0.05, 0) is 13.8 Å². The number of hydrogen-bond donors (Lipinski definition) is 2. The van der Waals surface area contributed by atoms with Crippen LogP contribution in [0.4, 0.5) is 10.6 Å². The zero-order chi connectivity index (χ0) is 13.0. The van der Waals surface area contributed by atoms with Crippen molar-refractivity contribution in [1.29, 1.82) is 0 Å². The molecule has 1 rings (SSSR count). The molecule has 0 aromatic carbocycles. The van der Waals surface area contributed by atoms with E-state index in [1.807, 2.05) is 0 Å². The summed E-state index contributed by atoms with van der Waals surface area (Å²) >= 11 is 0. The standard InChI is InChI=1S/C10H16N4O3/c1-5-17-9(15)7-8(13-10(16)11-3)12-6(2)14(7)4/h5H2,1-4H3,(H2,11,13,16). The van der Waals surface area contributed by atoms with Crippen LogP contribution in [-0.2, 0) is 11.8 Å². The van der Waals surface area contributed by atoms with E-state index in [2.05, 4.69) is 15.6 Å². The second-order valence-electron chi connectivity index (χ2n) is 3.34. The third-order valence-electron chi connectivity index (χ3n) is 2.25. The first-order valence-corrected chi connectivity index (χ1v) is 5.20. The van der Waals surface area contributed by atoms with Crippen LogP contribution < -0.4 is 10.6 Å². The normalized spacial score (nSPS) is 9.88. The van der Waals surface area contributed by atoms with E-state index in [0.29, 0.717) is 5.82 Å². The van der Waals surface area contributed by atoms with Gasteiger partial charge in [-0.15, -0.1) is 0 Å². The largest absolute Gasteiger partial charge is 0.461 e. The summed E-state index contributed by atoms with van der Waals surface area (Å²) in [5.74, 6) is 0.296. The van der Waals surface area contributed by atoms with Crippen LogP contribution in [-0.4, -0.2) is 35.2 Å². The number of aryl methyl sites for hydroxylation is 1. The van der Waals surface area contributed by atoms with Gasteiger partial charge in [0.15, 0.2) is 11.5 Å². The number of urea groups is 1. The van der Waals surface area contributed by atoms with Crippen molar-refractivity contribution in [3.05, 3.63) is 11.5 Å². The van der Waals surface area contributed by atoms with Gasteiger partial charge in [0.1, 0.15) is 5.82 Å². The van der Waals surface area contributed by atoms with Gasteiger partial charge in [0, 0.05) is 14.1 Å². The number of rotatable bonds is 3. The number of hydrogen-bond acceptors (Lipinski definition) is 4. The van der Waals surface area contributed by atoms with Gasteiger partial charge in [-0.1, -0.05) is 0 Å². The molecular formula is C10H16N4O3. The Labute approximate surface area is 99.2 Å². The summed E-state index contributed by atoms with van der Waals surface area (Å²) in [6, 6.07) is -0.436. The fourth-order valence-corrected chi connectivity index (χ4v) is 1.30. The van der Waals surface area contributed by atoms with Gasteiger partial charge in [0.25, 0.3) is 0 Å². The van der Waals surface area contributed by atoms with Crippen LogP contribution in [0.25, 0.3) is 0 Å². The van der Waals surface area contributed by atoms with E-state index < -0.39 is 12.0 Å². The molecule has 0 radical (unpaired) electrons. The number of nitrogens with one attached hydrogen (secondary N) is 2. The average molecular weight is 240 g/mol. The average Bonchev–Trinajstić information content (AvgIpc) is 2.54. The van der Waals surface area contributed by atoms with E-state index in [1.165, 1.54) is 7.05 Å². The number of nitrogens with zero attached hydrogens (tertiary/aromatic N) is 2. The fourth-order valence-electron chi connectivity index (χ4n) is 1.30. The van der Waals surface area contributed by atoms with E-state index in [1.54, 1.807) is 25.5 Å². The maximum atomic E-state index is 11.7. The van der Waals surface area contributed by atoms with Crippen LogP contribution in [0, 0.1) is 6.92 Å². The van der Waals surface area contributed by atoms with Crippen molar-refractivity contribution in [2.75, 3.05) is 19.0 Å². The molecule has 0 saturated heterocycles. The number of imidazole rings is 1. The highest BCUT2D eigenvalue weighted by Gasteiger charge is 2.21. The van der Waals surface area contributed by atoms with Crippen LogP contribution in [0.2, 0.25) is 0 Å². The Bertz CT molecular complexity index is 439. The minimum absolute atomic E-state index is 0.197. The molecule has 0 unspecified atom stereocenters. The first kappa shape index (κ1) is 13.0. The second kappa shape index (κ2) is 5.33. The third kappa shape index (κ3) is 2.74. The Morgan fingerprint density at radius 2 is 2.12 bits per heavy atom. The summed E-state index contributed by atoms with van der Waals surface area (Å²) in [6.07, 6.45) is 0. The number of aromatic nitrogens is 2. The van der Waals surface area contributed by atoms with Crippen LogP contribution in [0.3, 0.4) is 0 Å². The highest BCUT2D eigenvalue weighted by atomic mass is 16.5. The summed E-state index contributed by atoms with van der Waals surface area (Å²) in [6.45, 7) is 3.72. The minimum atomic E-state index is -0.512. The number of carbonyl (C=O) groups is 2. The molecule has 7 nitrogen and oxygen atoms in total. The highest BCUT2D eigenvalue weighted by molar-refractivity contribution is 5.98. The van der Waals surface area contributed by atoms with Gasteiger partial charge in [0.05, 0.1) is 6.61 Å². The monoisotopic (exact) mass is 240 g/mol. The SMILES string of the molecule is CCOC(=O)c1c(NC(=O)NC)nc(C)n1C. The summed E-state index contributed by atoms with van der Waals surface area (Å²) < 4.78 is 6.48. The van der Waals surface area contributed by atoms with Gasteiger partial charge >= 0.3 is 12.0 Å². The van der Waals surface area contributed by atoms with E-state index >= 15 is 0 Å². The molecule has 0 saturated carbocycles. The van der Waals surface area contributed by atoms with Crippen molar-refractivity contribution in [3.8, 4) is 0 Å². The predicted octanol–water partition coefficient (Wildman–Crippen LogP) is 0.657. The van der Waals surface area contributed by atoms with E-state index in [0.717, 1.165) is 0 Å². The van der Waals surface area contributed by atoms with Crippen molar-refractivity contribution in [2.45, 2.75) is 13.8 Å². The van der Waals surface area contributed by atoms with E-state index in [-0.39, 0.29) is 18.1 Å². The molecule has 0 aliphatic carbocycles. The molecule has 0 atom stereocenters. The summed E-state index contributed by atoms with van der Waals surface area (Å²) in [5, 5.41) is 4.87. The molecule has 0 bridgehead atoms. The zero-order valence-corrected chi connectivity index (χ0v) is 10.3. The summed E-state index contributed by atoms with van der Waals surface area (Å²) in [5.41, 5.74) is 0.230. The van der Waals surface area contributed by atoms with Crippen molar-refractivity contribution in [1.82, 2.24) is 14.9 Å². The van der Waals surface area contributed by atoms with Crippen molar-refractivity contribution < 1.29 is 14.3 Å². The van der Waals surface area contributed by atoms with Gasteiger partial charge in [-0.25, -0.2) is 14.6 Å². The molecule has 2 amide bonds. The van der Waals surface area contributed by atoms with E-state index in [4.69, 9.17) is 4.74 Å². The molecule has 2 N–H and O–H groups in total. The predicted molar refractivity (Wildman–Crippen MR) is 62.0 cm³/mol. The smallest absolute Gasteiger partial charge is 0.358 e. The van der Waals surface area contributed by atoms with Crippen molar-refractivity contribution in [2.24, 2.45) is 7.05 Å². The van der Waals surface area contributed by atoms with Crippen LogP contribution >= 0.6 is 0 Å². The van der Waals surface area contributed by atoms with Gasteiger partial charge in [-0.2, -0.15) is 0 Å². The van der Waals surface area contributed by atoms with Gasteiger partial charge in [-0.3, -0.25) is 5.32 Å². The minimum Gasteiger partial charge on any atom is -0.461 e. The first-order chi connectivity index (χ1) is 8.01. The number of anilines is 1. The third-order valence-corrected chi connectivity index (χ3v) is 2.25. The van der Waals surface area contributed by atoms with Crippen LogP contribution in [0.15, 0.2) is 0 Å². The molecular weight excluding hydrogens is 224 g/mol. The number of amides is 2. The quantitative estimate of drug-likeness (QED) is 0.760. The number of ether oxygens (including phenoxy) is 1. The summed E-state index contributed by atoms with van der Waals surface area (Å²) in [4.78, 5) is 27.0. The molecule has 17 heavy (non-hydrogen) atoms. The summed E-state index contributed by atoms with van der Waals surface area (Å²) in [7, 11) is 3.17. The lowest BCUT2D eigenvalue weighted by Crippen LogP contribution is -2.26. The van der Waals surface area contributed by atoms with Crippen molar-refractivity contribution in [3.63, 3.8) is 0 Å². The molecule has 1 aromatic rings. The Morgan fingerprint density at radius 1 is 1.47 bits per heavy atom. The molecule has 7 heteroatoms. The lowest BCUT2D eigenvalue weighted by molar-refractivity contribution is 0.0516. The van der Waals surface area contributed by atoms with Crippen molar-refractivity contribution >= 4 is 17.8 Å². The topological polar surface area (TPSA) is 85.2 Å². The van der Waals surface area contributed by atoms with Gasteiger partial charge < -0.3 is 14.6 Å². The number of carbonyl (C=O) groups excluding carboxylic acids is 2. The molecule has 94 valence electrons. The Morgan fingerprint density at radius 3 is 2.65 bits per heavy atom. The molecule has 0 fully saturated rings. The number of esters is 1.